The minimum Gasteiger partial charge on any atom is -0.339 e. The maximum atomic E-state index is 14.3. The van der Waals surface area contributed by atoms with Crippen LogP contribution in [0.1, 0.15) is 100 Å². The highest BCUT2D eigenvalue weighted by Crippen LogP contribution is 2.71. The average Bonchev–Trinajstić information content (AvgIpc) is 3.67. The molecule has 0 spiro atoms. The molecule has 7 nitrogen and oxygen atoms in total. The largest absolute Gasteiger partial charge is 0.339 e. The van der Waals surface area contributed by atoms with Crippen LogP contribution in [0, 0.1) is 17.8 Å². The van der Waals surface area contributed by atoms with Gasteiger partial charge in [-0.3, -0.25) is 4.79 Å². The van der Waals surface area contributed by atoms with Crippen LogP contribution in [0.5, 0.6) is 0 Å². The number of hydrogen-bond acceptors (Lipinski definition) is 6. The fourth-order valence-corrected chi connectivity index (χ4v) is 8.29. The number of fused-ring (bicyclic) bond motifs is 3. The van der Waals surface area contributed by atoms with Gasteiger partial charge in [0.2, 0.25) is 11.8 Å². The van der Waals surface area contributed by atoms with E-state index in [0.717, 1.165) is 72.9 Å². The summed E-state index contributed by atoms with van der Waals surface area (Å²) in [4.78, 5) is 20.9. The molecule has 4 bridgehead atoms. The third-order valence-corrected chi connectivity index (χ3v) is 10.9. The first kappa shape index (κ1) is 24.6. The van der Waals surface area contributed by atoms with Gasteiger partial charge < -0.3 is 9.42 Å². The van der Waals surface area contributed by atoms with E-state index in [1.165, 1.54) is 12.8 Å². The number of anilines is 1. The molecular weight excluding hydrogens is 505 g/mol. The number of carbonyl (C=O) groups is 1. The quantitative estimate of drug-likeness (QED) is 0.319. The zero-order valence-corrected chi connectivity index (χ0v) is 23.2. The van der Waals surface area contributed by atoms with Gasteiger partial charge in [0.05, 0.1) is 11.4 Å². The highest BCUT2D eigenvalue weighted by atomic mass is 19.1. The highest BCUT2D eigenvalue weighted by molar-refractivity contribution is 5.95. The van der Waals surface area contributed by atoms with Crippen molar-refractivity contribution >= 4 is 11.6 Å². The molecule has 2 aromatic heterocycles. The fourth-order valence-electron chi connectivity index (χ4n) is 8.29. The lowest BCUT2D eigenvalue weighted by Gasteiger charge is -2.66. The SMILES string of the molecule is Cc1ccc(-c2cccc(N(CC34CCC(c5nc(C6CC6)no5)(CC3)CC4)C(=O)CC34CC(F)(C3)C4)c2)nn1. The summed E-state index contributed by atoms with van der Waals surface area (Å²) in [5.74, 6) is 2.35. The van der Waals surface area contributed by atoms with E-state index in [4.69, 9.17) is 9.51 Å². The van der Waals surface area contributed by atoms with E-state index in [1.807, 2.05) is 42.2 Å². The van der Waals surface area contributed by atoms with E-state index in [2.05, 4.69) is 21.4 Å². The number of rotatable bonds is 8. The number of carbonyl (C=O) groups excluding carboxylic acids is 1. The predicted octanol–water partition coefficient (Wildman–Crippen LogP) is 6.62. The monoisotopic (exact) mass is 541 g/mol. The van der Waals surface area contributed by atoms with Crippen molar-refractivity contribution in [2.24, 2.45) is 10.8 Å². The summed E-state index contributed by atoms with van der Waals surface area (Å²) >= 11 is 0. The van der Waals surface area contributed by atoms with Crippen LogP contribution < -0.4 is 4.90 Å². The van der Waals surface area contributed by atoms with Crippen molar-refractivity contribution < 1.29 is 13.7 Å². The molecule has 0 unspecified atom stereocenters. The summed E-state index contributed by atoms with van der Waals surface area (Å²) in [6.45, 7) is 2.62. The predicted molar refractivity (Wildman–Crippen MR) is 147 cm³/mol. The Balaban J connectivity index is 1.05. The molecule has 0 aliphatic heterocycles. The molecule has 7 aliphatic carbocycles. The molecule has 0 N–H and O–H groups in total. The topological polar surface area (TPSA) is 85.0 Å². The van der Waals surface area contributed by atoms with Crippen molar-refractivity contribution in [3.63, 3.8) is 0 Å². The number of aryl methyl sites for hydroxylation is 1. The molecule has 1 aromatic carbocycles. The smallest absolute Gasteiger partial charge is 0.232 e. The van der Waals surface area contributed by atoms with Crippen LogP contribution in [-0.4, -0.2) is 38.5 Å². The molecule has 2 heterocycles. The van der Waals surface area contributed by atoms with Gasteiger partial charge in [0, 0.05) is 35.5 Å². The van der Waals surface area contributed by atoms with Crippen LogP contribution in [0.15, 0.2) is 40.9 Å². The third-order valence-electron chi connectivity index (χ3n) is 10.9. The maximum Gasteiger partial charge on any atom is 0.232 e. The first-order valence-corrected chi connectivity index (χ1v) is 15.0. The number of amides is 1. The van der Waals surface area contributed by atoms with Crippen LogP contribution >= 0.6 is 0 Å². The number of benzene rings is 1. The van der Waals surface area contributed by atoms with Gasteiger partial charge in [-0.05, 0) is 113 Å². The lowest BCUT2D eigenvalue weighted by Crippen LogP contribution is -2.65. The highest BCUT2D eigenvalue weighted by Gasteiger charge is 2.69. The van der Waals surface area contributed by atoms with E-state index in [-0.39, 0.29) is 22.2 Å². The number of nitrogens with zero attached hydrogens (tertiary/aromatic N) is 5. The summed E-state index contributed by atoms with van der Waals surface area (Å²) in [6.07, 6.45) is 10.6. The second-order valence-corrected chi connectivity index (χ2v) is 14.0. The maximum absolute atomic E-state index is 14.3. The van der Waals surface area contributed by atoms with Crippen molar-refractivity contribution in [1.29, 1.82) is 0 Å². The fraction of sp³-hybridized carbons (Fsp3) is 0.594. The van der Waals surface area contributed by atoms with Crippen molar-refractivity contribution in [3.8, 4) is 11.3 Å². The molecule has 10 rings (SSSR count). The van der Waals surface area contributed by atoms with Gasteiger partial charge in [0.25, 0.3) is 0 Å². The summed E-state index contributed by atoms with van der Waals surface area (Å²) in [5, 5.41) is 12.9. The molecular formula is C32H36FN5O2. The molecule has 3 aromatic rings. The Labute approximate surface area is 233 Å². The molecule has 7 aliphatic rings. The molecule has 40 heavy (non-hydrogen) atoms. The molecule has 208 valence electrons. The average molecular weight is 542 g/mol. The van der Waals surface area contributed by atoms with E-state index in [1.54, 1.807) is 0 Å². The Morgan fingerprint density at radius 2 is 1.75 bits per heavy atom. The Hall–Kier alpha value is -3.16. The van der Waals surface area contributed by atoms with Gasteiger partial charge in [-0.2, -0.15) is 15.2 Å². The van der Waals surface area contributed by atoms with Gasteiger partial charge in [0.15, 0.2) is 5.82 Å². The summed E-state index contributed by atoms with van der Waals surface area (Å²) in [7, 11) is 0. The first-order valence-electron chi connectivity index (χ1n) is 15.0. The van der Waals surface area contributed by atoms with Gasteiger partial charge >= 0.3 is 0 Å². The van der Waals surface area contributed by atoms with Crippen molar-refractivity contribution in [3.05, 3.63) is 53.8 Å². The van der Waals surface area contributed by atoms with Crippen LogP contribution in [0.25, 0.3) is 11.3 Å². The van der Waals surface area contributed by atoms with E-state index >= 15 is 0 Å². The zero-order chi connectivity index (χ0) is 27.2. The first-order chi connectivity index (χ1) is 19.3. The molecule has 0 radical (unpaired) electrons. The Morgan fingerprint density at radius 3 is 2.40 bits per heavy atom. The van der Waals surface area contributed by atoms with Crippen molar-refractivity contribution in [2.75, 3.05) is 11.4 Å². The molecule has 7 saturated carbocycles. The van der Waals surface area contributed by atoms with Gasteiger partial charge in [-0.15, -0.1) is 0 Å². The minimum atomic E-state index is -1.00. The molecule has 7 fully saturated rings. The summed E-state index contributed by atoms with van der Waals surface area (Å²) in [6, 6.07) is 12.1. The standard InChI is InChI=1S/C32H36FN5O2/c1-21-5-8-25(36-35-21)23-3-2-4-24(15-23)38(26(39)16-30-17-32(33,18-30)19-30)20-29-9-12-31(13-10-29,14-11-29)28-34-27(37-40-28)22-6-7-22/h2-5,8,15,22H,6-7,9-14,16-20H2,1H3. The normalized spacial score (nSPS) is 33.8. The van der Waals surface area contributed by atoms with Crippen molar-refractivity contribution in [1.82, 2.24) is 20.3 Å². The summed E-state index contributed by atoms with van der Waals surface area (Å²) < 4.78 is 20.2. The van der Waals surface area contributed by atoms with E-state index in [9.17, 15) is 9.18 Å². The van der Waals surface area contributed by atoms with Crippen LogP contribution in [0.3, 0.4) is 0 Å². The van der Waals surface area contributed by atoms with E-state index < -0.39 is 5.67 Å². The van der Waals surface area contributed by atoms with Gasteiger partial charge in [-0.1, -0.05) is 17.3 Å². The number of hydrogen-bond donors (Lipinski definition) is 0. The Morgan fingerprint density at radius 1 is 1.00 bits per heavy atom. The Kier molecular flexibility index (Phi) is 5.19. The number of aromatic nitrogens is 4. The molecule has 0 atom stereocenters. The van der Waals surface area contributed by atoms with Crippen LogP contribution in [0.2, 0.25) is 0 Å². The minimum absolute atomic E-state index is 0.0119. The lowest BCUT2D eigenvalue weighted by atomic mass is 9.41. The molecule has 0 saturated heterocycles. The second kappa shape index (κ2) is 8.43. The zero-order valence-electron chi connectivity index (χ0n) is 23.2. The van der Waals surface area contributed by atoms with Gasteiger partial charge in [0.1, 0.15) is 5.67 Å². The lowest BCUT2D eigenvalue weighted by molar-refractivity contribution is -0.215. The molecule has 8 heteroatoms. The molecule has 1 amide bonds. The Bertz CT molecular complexity index is 1430. The van der Waals surface area contributed by atoms with Crippen molar-refractivity contribution in [2.45, 2.75) is 101 Å². The van der Waals surface area contributed by atoms with E-state index in [0.29, 0.717) is 38.1 Å². The second-order valence-electron chi connectivity index (χ2n) is 14.0. The summed E-state index contributed by atoms with van der Waals surface area (Å²) in [5.41, 5.74) is 2.43. The number of halogens is 1. The van der Waals surface area contributed by atoms with Crippen LogP contribution in [-0.2, 0) is 10.2 Å². The third kappa shape index (κ3) is 4.00. The number of alkyl halides is 1. The van der Waals surface area contributed by atoms with Gasteiger partial charge in [-0.25, -0.2) is 4.39 Å². The van der Waals surface area contributed by atoms with Crippen LogP contribution in [0.4, 0.5) is 10.1 Å².